The molecule has 8 nitrogen and oxygen atoms in total. The maximum atomic E-state index is 13.1. The summed E-state index contributed by atoms with van der Waals surface area (Å²) in [6.45, 7) is 16.3. The quantitative estimate of drug-likeness (QED) is 0.479. The van der Waals surface area contributed by atoms with Crippen molar-refractivity contribution in [3.05, 3.63) is 12.7 Å². The van der Waals surface area contributed by atoms with Gasteiger partial charge < -0.3 is 19.9 Å². The van der Waals surface area contributed by atoms with Gasteiger partial charge in [0.1, 0.15) is 23.9 Å². The van der Waals surface area contributed by atoms with Gasteiger partial charge in [0.2, 0.25) is 5.91 Å². The maximum Gasteiger partial charge on any atom is 0.411 e. The topological polar surface area (TPSA) is 105 Å². The zero-order valence-corrected chi connectivity index (χ0v) is 19.4. The van der Waals surface area contributed by atoms with E-state index in [9.17, 15) is 14.4 Å². The number of nitrogens with one attached hydrogen (secondary N) is 1. The minimum absolute atomic E-state index is 0.00438. The van der Waals surface area contributed by atoms with Gasteiger partial charge in [0.05, 0.1) is 0 Å². The van der Waals surface area contributed by atoms with Crippen LogP contribution in [0, 0.1) is 11.8 Å². The van der Waals surface area contributed by atoms with Gasteiger partial charge in [0.15, 0.2) is 0 Å². The summed E-state index contributed by atoms with van der Waals surface area (Å²) in [6.07, 6.45) is 2.11. The molecule has 1 saturated heterocycles. The highest BCUT2D eigenvalue weighted by Crippen LogP contribution is 2.37. The van der Waals surface area contributed by atoms with Crippen LogP contribution in [0.2, 0.25) is 0 Å². The molecule has 2 amide bonds. The number of carbonyl (C=O) groups is 3. The van der Waals surface area contributed by atoms with Crippen molar-refractivity contribution in [2.24, 2.45) is 11.8 Å². The van der Waals surface area contributed by atoms with Crippen LogP contribution in [0.25, 0.3) is 0 Å². The third-order valence-electron chi connectivity index (χ3n) is 4.70. The fourth-order valence-electron chi connectivity index (χ4n) is 3.50. The number of esters is 1. The summed E-state index contributed by atoms with van der Waals surface area (Å²) >= 11 is 0. The largest absolute Gasteiger partial charge is 0.458 e. The molecule has 0 radical (unpaired) electrons. The Kier molecular flexibility index (Phi) is 8.90. The molecular weight excluding hydrogens is 388 g/mol. The van der Waals surface area contributed by atoms with E-state index in [4.69, 9.17) is 14.6 Å². The van der Waals surface area contributed by atoms with Crippen molar-refractivity contribution < 1.29 is 29.0 Å². The molecule has 8 heteroatoms. The lowest BCUT2D eigenvalue weighted by molar-refractivity contribution is -0.160. The Bertz CT molecular complexity index is 635. The Morgan fingerprint density at radius 3 is 2.20 bits per heavy atom. The second kappa shape index (κ2) is 10.3. The Morgan fingerprint density at radius 2 is 1.73 bits per heavy atom. The molecule has 0 bridgehead atoms. The Morgan fingerprint density at radius 1 is 1.17 bits per heavy atom. The normalized spacial score (nSPS) is 22.9. The number of amides is 2. The van der Waals surface area contributed by atoms with Gasteiger partial charge in [-0.25, -0.2) is 9.59 Å². The van der Waals surface area contributed by atoms with E-state index in [0.717, 1.165) is 0 Å². The number of aliphatic hydroxyl groups is 1. The third-order valence-corrected chi connectivity index (χ3v) is 4.70. The van der Waals surface area contributed by atoms with Crippen molar-refractivity contribution in [3.8, 4) is 0 Å². The maximum absolute atomic E-state index is 13.1. The van der Waals surface area contributed by atoms with E-state index >= 15 is 0 Å². The molecule has 4 atom stereocenters. The molecule has 30 heavy (non-hydrogen) atoms. The first-order valence-electron chi connectivity index (χ1n) is 10.4. The number of ether oxygens (including phenoxy) is 2. The van der Waals surface area contributed by atoms with Crippen LogP contribution in [0.15, 0.2) is 12.7 Å². The van der Waals surface area contributed by atoms with Crippen LogP contribution in [0.3, 0.4) is 0 Å². The van der Waals surface area contributed by atoms with E-state index in [1.807, 2.05) is 6.92 Å². The van der Waals surface area contributed by atoms with Gasteiger partial charge in [0.25, 0.3) is 0 Å². The van der Waals surface area contributed by atoms with E-state index < -0.39 is 41.8 Å². The Hall–Kier alpha value is -2.09. The fraction of sp³-hybridized carbons (Fsp3) is 0.773. The van der Waals surface area contributed by atoms with E-state index in [0.29, 0.717) is 19.4 Å². The number of hydrogen-bond donors (Lipinski definition) is 2. The molecule has 1 aliphatic rings. The first kappa shape index (κ1) is 25.9. The van der Waals surface area contributed by atoms with Crippen molar-refractivity contribution in [1.29, 1.82) is 0 Å². The average molecular weight is 427 g/mol. The molecule has 0 aromatic rings. The average Bonchev–Trinajstić information content (AvgIpc) is 2.95. The predicted molar refractivity (Wildman–Crippen MR) is 114 cm³/mol. The Balaban J connectivity index is 3.12. The molecule has 1 aliphatic heterocycles. The third kappa shape index (κ3) is 7.97. The van der Waals surface area contributed by atoms with Gasteiger partial charge in [-0.1, -0.05) is 13.0 Å². The monoisotopic (exact) mass is 426 g/mol. The van der Waals surface area contributed by atoms with Gasteiger partial charge in [-0.15, -0.1) is 6.58 Å². The van der Waals surface area contributed by atoms with Crippen molar-refractivity contribution in [1.82, 2.24) is 10.2 Å². The van der Waals surface area contributed by atoms with Crippen molar-refractivity contribution in [2.45, 2.75) is 84.6 Å². The molecule has 1 heterocycles. The van der Waals surface area contributed by atoms with E-state index in [2.05, 4.69) is 11.9 Å². The molecule has 1 fully saturated rings. The summed E-state index contributed by atoms with van der Waals surface area (Å²) in [7, 11) is 0. The molecule has 1 rings (SSSR count). The zero-order valence-electron chi connectivity index (χ0n) is 19.4. The minimum Gasteiger partial charge on any atom is -0.458 e. The lowest BCUT2D eigenvalue weighted by atomic mass is 9.91. The van der Waals surface area contributed by atoms with Gasteiger partial charge >= 0.3 is 12.1 Å². The summed E-state index contributed by atoms with van der Waals surface area (Å²) in [4.78, 5) is 38.8. The molecule has 0 aromatic heterocycles. The summed E-state index contributed by atoms with van der Waals surface area (Å²) in [6, 6.07) is -1.10. The first-order valence-corrected chi connectivity index (χ1v) is 10.4. The van der Waals surface area contributed by atoms with E-state index in [1.165, 1.54) is 4.90 Å². The standard InChI is InChI=1S/C22H38N2O6/c1-9-15-11-17(19(27)29-21(3,4)5)24(20(28)30-22(6,7)8)16(15)10-14(2)12-23-18(26)13-25/h9,14-17,25H,1,10-13H2,2-8H3,(H,23,26)/t14?,15-,16-,17-/m1/s1. The van der Waals surface area contributed by atoms with Crippen LogP contribution < -0.4 is 5.32 Å². The number of carbonyl (C=O) groups excluding carboxylic acids is 3. The lowest BCUT2D eigenvalue weighted by Crippen LogP contribution is -2.50. The van der Waals surface area contributed by atoms with Crippen LogP contribution in [0.5, 0.6) is 0 Å². The summed E-state index contributed by atoms with van der Waals surface area (Å²) in [5, 5.41) is 11.5. The number of aliphatic hydroxyl groups excluding tert-OH is 1. The smallest absolute Gasteiger partial charge is 0.411 e. The van der Waals surface area contributed by atoms with Crippen molar-refractivity contribution in [2.75, 3.05) is 13.2 Å². The minimum atomic E-state index is -0.772. The van der Waals surface area contributed by atoms with Crippen LogP contribution in [0.1, 0.15) is 61.3 Å². The fourth-order valence-corrected chi connectivity index (χ4v) is 3.50. The van der Waals surface area contributed by atoms with Crippen LogP contribution in [-0.2, 0) is 19.1 Å². The van der Waals surface area contributed by atoms with Gasteiger partial charge in [-0.3, -0.25) is 9.69 Å². The molecule has 1 unspecified atom stereocenters. The summed E-state index contributed by atoms with van der Waals surface area (Å²) in [5.41, 5.74) is -1.40. The summed E-state index contributed by atoms with van der Waals surface area (Å²) in [5.74, 6) is -1.05. The number of likely N-dealkylation sites (tertiary alicyclic amines) is 1. The number of nitrogens with zero attached hydrogens (tertiary/aromatic N) is 1. The van der Waals surface area contributed by atoms with Crippen molar-refractivity contribution in [3.63, 3.8) is 0 Å². The molecule has 0 aromatic carbocycles. The lowest BCUT2D eigenvalue weighted by Gasteiger charge is -2.34. The molecular formula is C22H38N2O6. The first-order chi connectivity index (χ1) is 13.7. The van der Waals surface area contributed by atoms with Crippen LogP contribution in [-0.4, -0.2) is 64.4 Å². The highest BCUT2D eigenvalue weighted by Gasteiger charge is 2.49. The second-order valence-corrected chi connectivity index (χ2v) is 9.94. The number of rotatable bonds is 7. The highest BCUT2D eigenvalue weighted by molar-refractivity contribution is 5.83. The van der Waals surface area contributed by atoms with Crippen molar-refractivity contribution >= 4 is 18.0 Å². The van der Waals surface area contributed by atoms with E-state index in [-0.39, 0.29) is 17.9 Å². The van der Waals surface area contributed by atoms with Crippen LogP contribution in [0.4, 0.5) is 4.79 Å². The molecule has 0 spiro atoms. The molecule has 0 saturated carbocycles. The Labute approximate surface area is 180 Å². The van der Waals surface area contributed by atoms with Gasteiger partial charge in [-0.2, -0.15) is 0 Å². The van der Waals surface area contributed by atoms with Crippen LogP contribution >= 0.6 is 0 Å². The number of hydrogen-bond acceptors (Lipinski definition) is 6. The zero-order chi connectivity index (χ0) is 23.3. The molecule has 2 N–H and O–H groups in total. The van der Waals surface area contributed by atoms with Gasteiger partial charge in [-0.05, 0) is 66.2 Å². The predicted octanol–water partition coefficient (Wildman–Crippen LogP) is 2.64. The highest BCUT2D eigenvalue weighted by atomic mass is 16.6. The SMILES string of the molecule is C=C[C@@H]1C[C@H](C(=O)OC(C)(C)C)N(C(=O)OC(C)(C)C)[C@@H]1CC(C)CNC(=O)CO. The van der Waals surface area contributed by atoms with Gasteiger partial charge in [0, 0.05) is 12.6 Å². The molecule has 172 valence electrons. The summed E-state index contributed by atoms with van der Waals surface area (Å²) < 4.78 is 11.2. The second-order valence-electron chi connectivity index (χ2n) is 9.94. The molecule has 0 aliphatic carbocycles. The van der Waals surface area contributed by atoms with E-state index in [1.54, 1.807) is 47.6 Å².